The van der Waals surface area contributed by atoms with Crippen LogP contribution in [-0.4, -0.2) is 11.7 Å². The first-order valence-corrected chi connectivity index (χ1v) is 5.84. The summed E-state index contributed by atoms with van der Waals surface area (Å²) in [5.41, 5.74) is 0.855. The molecule has 1 aromatic carbocycles. The van der Waals surface area contributed by atoms with Crippen molar-refractivity contribution in [3.63, 3.8) is 0 Å². The van der Waals surface area contributed by atoms with Crippen LogP contribution in [0.1, 0.15) is 12.0 Å². The Morgan fingerprint density at radius 2 is 2.13 bits per heavy atom. The molecule has 82 valence electrons. The monoisotopic (exact) mass is 263 g/mol. The van der Waals surface area contributed by atoms with Crippen molar-refractivity contribution in [3.05, 3.63) is 33.8 Å². The lowest BCUT2D eigenvalue weighted by Crippen LogP contribution is -2.22. The predicted octanol–water partition coefficient (Wildman–Crippen LogP) is 2.93. The van der Waals surface area contributed by atoms with E-state index in [9.17, 15) is 4.79 Å². The van der Waals surface area contributed by atoms with Crippen molar-refractivity contribution in [2.45, 2.75) is 13.0 Å². The van der Waals surface area contributed by atoms with Gasteiger partial charge in [-0.25, -0.2) is 0 Å². The highest BCUT2D eigenvalue weighted by atomic mass is 35.5. The van der Waals surface area contributed by atoms with Gasteiger partial charge in [0, 0.05) is 23.0 Å². The molecule has 1 rings (SSSR count). The van der Waals surface area contributed by atoms with Crippen molar-refractivity contribution >= 4 is 41.7 Å². The van der Waals surface area contributed by atoms with Crippen LogP contribution in [0.2, 0.25) is 10.0 Å². The zero-order chi connectivity index (χ0) is 11.3. The van der Waals surface area contributed by atoms with Crippen LogP contribution in [0.25, 0.3) is 0 Å². The first kappa shape index (κ1) is 12.7. The van der Waals surface area contributed by atoms with E-state index in [0.717, 1.165) is 5.56 Å². The van der Waals surface area contributed by atoms with E-state index in [0.29, 0.717) is 28.8 Å². The van der Waals surface area contributed by atoms with Gasteiger partial charge >= 0.3 is 0 Å². The fraction of sp³-hybridized carbons (Fsp3) is 0.300. The SMILES string of the molecule is O=C(CCS)NCc1ccc(Cl)cc1Cl. The van der Waals surface area contributed by atoms with Gasteiger partial charge in [-0.05, 0) is 23.4 Å². The van der Waals surface area contributed by atoms with Gasteiger partial charge in [-0.15, -0.1) is 0 Å². The van der Waals surface area contributed by atoms with Gasteiger partial charge in [0.1, 0.15) is 0 Å². The Hall–Kier alpha value is -0.380. The van der Waals surface area contributed by atoms with Gasteiger partial charge in [-0.2, -0.15) is 12.6 Å². The minimum absolute atomic E-state index is 0.0315. The number of rotatable bonds is 4. The van der Waals surface area contributed by atoms with Gasteiger partial charge in [0.05, 0.1) is 0 Å². The molecule has 0 aliphatic heterocycles. The largest absolute Gasteiger partial charge is 0.352 e. The predicted molar refractivity (Wildman–Crippen MR) is 66.8 cm³/mol. The van der Waals surface area contributed by atoms with Crippen LogP contribution in [0.4, 0.5) is 0 Å². The first-order chi connectivity index (χ1) is 7.13. The first-order valence-electron chi connectivity index (χ1n) is 4.45. The fourth-order valence-electron chi connectivity index (χ4n) is 1.05. The summed E-state index contributed by atoms with van der Waals surface area (Å²) >= 11 is 15.7. The molecule has 0 atom stereocenters. The van der Waals surface area contributed by atoms with Crippen LogP contribution in [-0.2, 0) is 11.3 Å². The highest BCUT2D eigenvalue weighted by molar-refractivity contribution is 7.80. The normalized spacial score (nSPS) is 10.1. The van der Waals surface area contributed by atoms with E-state index >= 15 is 0 Å². The summed E-state index contributed by atoms with van der Waals surface area (Å²) in [4.78, 5) is 11.2. The quantitative estimate of drug-likeness (QED) is 0.804. The summed E-state index contributed by atoms with van der Waals surface area (Å²) in [5.74, 6) is 0.510. The molecule has 2 nitrogen and oxygen atoms in total. The molecule has 0 unspecified atom stereocenters. The van der Waals surface area contributed by atoms with E-state index in [4.69, 9.17) is 23.2 Å². The van der Waals surface area contributed by atoms with Crippen molar-refractivity contribution in [2.24, 2.45) is 0 Å². The third kappa shape index (κ3) is 4.33. The number of hydrogen-bond acceptors (Lipinski definition) is 2. The summed E-state index contributed by atoms with van der Waals surface area (Å²) in [6.07, 6.45) is 0.411. The number of carbonyl (C=O) groups is 1. The molecule has 0 bridgehead atoms. The van der Waals surface area contributed by atoms with E-state index in [1.807, 2.05) is 0 Å². The molecule has 0 aromatic heterocycles. The lowest BCUT2D eigenvalue weighted by Gasteiger charge is -2.06. The highest BCUT2D eigenvalue weighted by Gasteiger charge is 2.03. The lowest BCUT2D eigenvalue weighted by atomic mass is 10.2. The van der Waals surface area contributed by atoms with Gasteiger partial charge < -0.3 is 5.32 Å². The molecular weight excluding hydrogens is 253 g/mol. The summed E-state index contributed by atoms with van der Waals surface area (Å²) in [5, 5.41) is 3.90. The van der Waals surface area contributed by atoms with Crippen molar-refractivity contribution < 1.29 is 4.79 Å². The summed E-state index contributed by atoms with van der Waals surface area (Å²) in [6.45, 7) is 0.419. The summed E-state index contributed by atoms with van der Waals surface area (Å²) < 4.78 is 0. The third-order valence-corrected chi connectivity index (χ3v) is 2.64. The zero-order valence-corrected chi connectivity index (χ0v) is 10.4. The van der Waals surface area contributed by atoms with Crippen molar-refractivity contribution in [1.82, 2.24) is 5.32 Å². The molecular formula is C10H11Cl2NOS. The number of benzene rings is 1. The molecule has 1 N–H and O–H groups in total. The fourth-order valence-corrected chi connectivity index (χ4v) is 1.73. The van der Waals surface area contributed by atoms with Crippen LogP contribution in [0, 0.1) is 0 Å². The molecule has 0 heterocycles. The highest BCUT2D eigenvalue weighted by Crippen LogP contribution is 2.20. The van der Waals surface area contributed by atoms with Crippen LogP contribution < -0.4 is 5.32 Å². The molecule has 0 saturated carbocycles. The molecule has 15 heavy (non-hydrogen) atoms. The van der Waals surface area contributed by atoms with E-state index in [1.165, 1.54) is 0 Å². The van der Waals surface area contributed by atoms with Crippen molar-refractivity contribution in [3.8, 4) is 0 Å². The number of nitrogens with one attached hydrogen (secondary N) is 1. The topological polar surface area (TPSA) is 29.1 Å². The molecule has 0 aliphatic carbocycles. The van der Waals surface area contributed by atoms with Crippen LogP contribution in [0.15, 0.2) is 18.2 Å². The molecule has 1 aromatic rings. The molecule has 0 spiro atoms. The Kier molecular flexibility index (Phi) is 5.29. The Morgan fingerprint density at radius 3 is 2.73 bits per heavy atom. The number of thiol groups is 1. The average Bonchev–Trinajstić information content (AvgIpc) is 2.17. The third-order valence-electron chi connectivity index (χ3n) is 1.83. The van der Waals surface area contributed by atoms with Crippen LogP contribution in [0.3, 0.4) is 0 Å². The Balaban J connectivity index is 2.54. The molecule has 1 amide bonds. The smallest absolute Gasteiger partial charge is 0.221 e. The molecule has 0 fully saturated rings. The van der Waals surface area contributed by atoms with Crippen molar-refractivity contribution in [1.29, 1.82) is 0 Å². The zero-order valence-electron chi connectivity index (χ0n) is 7.96. The maximum Gasteiger partial charge on any atom is 0.221 e. The second kappa shape index (κ2) is 6.26. The van der Waals surface area contributed by atoms with E-state index in [-0.39, 0.29) is 5.91 Å². The second-order valence-electron chi connectivity index (χ2n) is 2.99. The van der Waals surface area contributed by atoms with E-state index < -0.39 is 0 Å². The Labute approximate surface area is 104 Å². The number of halogens is 2. The molecule has 0 radical (unpaired) electrons. The second-order valence-corrected chi connectivity index (χ2v) is 4.28. The summed E-state index contributed by atoms with van der Waals surface area (Å²) in [7, 11) is 0. The van der Waals surface area contributed by atoms with Gasteiger partial charge in [0.25, 0.3) is 0 Å². The summed E-state index contributed by atoms with van der Waals surface area (Å²) in [6, 6.07) is 5.20. The standard InChI is InChI=1S/C10H11Cl2NOS/c11-8-2-1-7(9(12)5-8)6-13-10(14)3-4-15/h1-2,5,15H,3-4,6H2,(H,13,14). The maximum absolute atomic E-state index is 11.2. The number of carbonyl (C=O) groups excluding carboxylic acids is 1. The van der Waals surface area contributed by atoms with Crippen molar-refractivity contribution in [2.75, 3.05) is 5.75 Å². The van der Waals surface area contributed by atoms with Gasteiger partial charge in [-0.3, -0.25) is 4.79 Å². The van der Waals surface area contributed by atoms with Gasteiger partial charge in [-0.1, -0.05) is 29.3 Å². The van der Waals surface area contributed by atoms with Crippen LogP contribution >= 0.6 is 35.8 Å². The minimum Gasteiger partial charge on any atom is -0.352 e. The van der Waals surface area contributed by atoms with E-state index in [1.54, 1.807) is 18.2 Å². The number of hydrogen-bond donors (Lipinski definition) is 2. The molecule has 5 heteroatoms. The average molecular weight is 264 g/mol. The Bertz CT molecular complexity index is 357. The molecule has 0 saturated heterocycles. The maximum atomic E-state index is 11.2. The Morgan fingerprint density at radius 1 is 1.40 bits per heavy atom. The molecule has 0 aliphatic rings. The van der Waals surface area contributed by atoms with Gasteiger partial charge in [0.15, 0.2) is 0 Å². The lowest BCUT2D eigenvalue weighted by molar-refractivity contribution is -0.120. The number of amides is 1. The van der Waals surface area contributed by atoms with Gasteiger partial charge in [0.2, 0.25) is 5.91 Å². The van der Waals surface area contributed by atoms with Crippen LogP contribution in [0.5, 0.6) is 0 Å². The minimum atomic E-state index is -0.0315. The van der Waals surface area contributed by atoms with E-state index in [2.05, 4.69) is 17.9 Å².